The molecule has 0 heterocycles. The molecule has 0 saturated carbocycles. The van der Waals surface area contributed by atoms with Gasteiger partial charge in [-0.2, -0.15) is 0 Å². The smallest absolute Gasteiger partial charge is 0.408 e. The van der Waals surface area contributed by atoms with Crippen molar-refractivity contribution >= 4 is 6.09 Å². The van der Waals surface area contributed by atoms with Crippen LogP contribution in [0.1, 0.15) is 13.3 Å². The third-order valence-electron chi connectivity index (χ3n) is 0.835. The highest BCUT2D eigenvalue weighted by molar-refractivity contribution is 5.66. The molecule has 1 radical (unpaired) electrons. The summed E-state index contributed by atoms with van der Waals surface area (Å²) >= 11 is 0. The van der Waals surface area contributed by atoms with E-state index in [1.165, 1.54) is 7.11 Å². The summed E-state index contributed by atoms with van der Waals surface area (Å²) in [5.74, 6) is 0. The van der Waals surface area contributed by atoms with E-state index in [4.69, 9.17) is 0 Å². The van der Waals surface area contributed by atoms with Gasteiger partial charge in [0.1, 0.15) is 0 Å². The molecule has 1 N–H and O–H groups in total. The second-order valence-corrected chi connectivity index (χ2v) is 1.53. The van der Waals surface area contributed by atoms with Crippen molar-refractivity contribution in [3.05, 3.63) is 0 Å². The van der Waals surface area contributed by atoms with Gasteiger partial charge in [0.25, 0.3) is 0 Å². The van der Waals surface area contributed by atoms with Crippen molar-refractivity contribution < 1.29 is 14.6 Å². The molecule has 4 heteroatoms. The van der Waals surface area contributed by atoms with Crippen LogP contribution < -0.4 is 5.32 Å². The van der Waals surface area contributed by atoms with Crippen LogP contribution in [-0.4, -0.2) is 19.4 Å². The predicted octanol–water partition coefficient (Wildman–Crippen LogP) is 0.509. The lowest BCUT2D eigenvalue weighted by Crippen LogP contribution is -2.32. The maximum absolute atomic E-state index is 10.5. The number of amides is 1. The van der Waals surface area contributed by atoms with E-state index < -0.39 is 12.3 Å². The number of rotatable bonds is 2. The first kappa shape index (κ1) is 8.23. The summed E-state index contributed by atoms with van der Waals surface area (Å²) in [5.41, 5.74) is 0. The van der Waals surface area contributed by atoms with E-state index in [2.05, 4.69) is 10.1 Å². The Morgan fingerprint density at radius 1 is 1.78 bits per heavy atom. The SMILES string of the molecule is CCC([O])NC(=O)OC. The van der Waals surface area contributed by atoms with Crippen LogP contribution in [0.15, 0.2) is 0 Å². The first-order valence-electron chi connectivity index (χ1n) is 2.71. The van der Waals surface area contributed by atoms with Gasteiger partial charge in [0.05, 0.1) is 7.11 Å². The Hall–Kier alpha value is -0.770. The lowest BCUT2D eigenvalue weighted by molar-refractivity contribution is 0.0519. The Kier molecular flexibility index (Phi) is 3.79. The van der Waals surface area contributed by atoms with Gasteiger partial charge in [-0.25, -0.2) is 9.90 Å². The van der Waals surface area contributed by atoms with E-state index in [0.717, 1.165) is 0 Å². The van der Waals surface area contributed by atoms with Crippen LogP contribution in [-0.2, 0) is 9.84 Å². The van der Waals surface area contributed by atoms with Crippen molar-refractivity contribution in [2.75, 3.05) is 7.11 Å². The number of methoxy groups -OCH3 is 1. The lowest BCUT2D eigenvalue weighted by Gasteiger charge is -2.05. The first-order chi connectivity index (χ1) is 4.20. The van der Waals surface area contributed by atoms with Gasteiger partial charge in [-0.1, -0.05) is 6.92 Å². The molecule has 0 fully saturated rings. The highest BCUT2D eigenvalue weighted by atomic mass is 16.5. The molecule has 9 heavy (non-hydrogen) atoms. The summed E-state index contributed by atoms with van der Waals surface area (Å²) in [6, 6.07) is 0. The number of hydrogen-bond acceptors (Lipinski definition) is 2. The van der Waals surface area contributed by atoms with Crippen molar-refractivity contribution in [1.29, 1.82) is 0 Å². The molecule has 1 unspecified atom stereocenters. The summed E-state index contributed by atoms with van der Waals surface area (Å²) in [6.07, 6.45) is -1.34. The lowest BCUT2D eigenvalue weighted by atomic mass is 10.4. The van der Waals surface area contributed by atoms with Crippen molar-refractivity contribution in [2.24, 2.45) is 0 Å². The van der Waals surface area contributed by atoms with E-state index in [0.29, 0.717) is 6.42 Å². The summed E-state index contributed by atoms with van der Waals surface area (Å²) in [6.45, 7) is 1.69. The Labute approximate surface area is 53.8 Å². The number of carbonyl (C=O) groups is 1. The maximum atomic E-state index is 10.5. The molecule has 0 aromatic carbocycles. The van der Waals surface area contributed by atoms with Gasteiger partial charge in [0.15, 0.2) is 6.23 Å². The minimum atomic E-state index is -1.04. The molecule has 0 rings (SSSR count). The largest absolute Gasteiger partial charge is 0.453 e. The molecule has 0 aliphatic rings. The molecule has 0 spiro atoms. The van der Waals surface area contributed by atoms with Gasteiger partial charge < -0.3 is 4.74 Å². The number of ether oxygens (including phenoxy) is 1. The van der Waals surface area contributed by atoms with Crippen LogP contribution in [0.2, 0.25) is 0 Å². The Bertz CT molecular complexity index is 94.2. The molecule has 53 valence electrons. The molecule has 0 bridgehead atoms. The highest BCUT2D eigenvalue weighted by Crippen LogP contribution is 1.84. The van der Waals surface area contributed by atoms with Gasteiger partial charge in [-0.15, -0.1) is 0 Å². The normalized spacial score (nSPS) is 12.3. The Morgan fingerprint density at radius 2 is 2.33 bits per heavy atom. The highest BCUT2D eigenvalue weighted by Gasteiger charge is 2.05. The quantitative estimate of drug-likeness (QED) is 0.556. The number of alkyl carbamates (subject to hydrolysis) is 1. The molecule has 1 atom stereocenters. The zero-order valence-corrected chi connectivity index (χ0v) is 5.51. The van der Waals surface area contributed by atoms with Crippen LogP contribution in [0.3, 0.4) is 0 Å². The van der Waals surface area contributed by atoms with Crippen molar-refractivity contribution in [3.63, 3.8) is 0 Å². The average molecular weight is 132 g/mol. The standard InChI is InChI=1S/C5H10NO3/c1-3-4(7)6-5(8)9-2/h4H,3H2,1-2H3,(H,6,8). The monoisotopic (exact) mass is 132 g/mol. The van der Waals surface area contributed by atoms with Crippen LogP contribution in [0, 0.1) is 0 Å². The van der Waals surface area contributed by atoms with E-state index in [-0.39, 0.29) is 0 Å². The fourth-order valence-electron chi connectivity index (χ4n) is 0.292. The van der Waals surface area contributed by atoms with Crippen LogP contribution in [0.25, 0.3) is 0 Å². The Balaban J connectivity index is 3.34. The molecule has 0 aromatic heterocycles. The van der Waals surface area contributed by atoms with Crippen molar-refractivity contribution in [2.45, 2.75) is 19.6 Å². The number of carbonyl (C=O) groups excluding carboxylic acids is 1. The summed E-state index contributed by atoms with van der Waals surface area (Å²) < 4.78 is 4.17. The number of nitrogens with one attached hydrogen (secondary N) is 1. The summed E-state index contributed by atoms with van der Waals surface area (Å²) in [7, 11) is 1.22. The number of hydrogen-bond donors (Lipinski definition) is 1. The molecule has 0 aliphatic heterocycles. The third-order valence-corrected chi connectivity index (χ3v) is 0.835. The topological polar surface area (TPSA) is 58.2 Å². The van der Waals surface area contributed by atoms with Crippen molar-refractivity contribution in [3.8, 4) is 0 Å². The fraction of sp³-hybridized carbons (Fsp3) is 0.800. The van der Waals surface area contributed by atoms with Gasteiger partial charge in [-0.3, -0.25) is 5.32 Å². The van der Waals surface area contributed by atoms with E-state index in [1.54, 1.807) is 6.92 Å². The molecule has 0 aliphatic carbocycles. The van der Waals surface area contributed by atoms with Gasteiger partial charge >= 0.3 is 6.09 Å². The second kappa shape index (κ2) is 4.14. The molecular formula is C5H10NO3. The van der Waals surface area contributed by atoms with E-state index in [9.17, 15) is 9.90 Å². The van der Waals surface area contributed by atoms with Crippen LogP contribution in [0.5, 0.6) is 0 Å². The Morgan fingerprint density at radius 3 is 2.67 bits per heavy atom. The summed E-state index contributed by atoms with van der Waals surface area (Å²) in [5, 5.41) is 12.5. The zero-order valence-electron chi connectivity index (χ0n) is 5.51. The van der Waals surface area contributed by atoms with Gasteiger partial charge in [0, 0.05) is 0 Å². The second-order valence-electron chi connectivity index (χ2n) is 1.53. The first-order valence-corrected chi connectivity index (χ1v) is 2.71. The van der Waals surface area contributed by atoms with Crippen molar-refractivity contribution in [1.82, 2.24) is 5.32 Å². The third kappa shape index (κ3) is 3.78. The predicted molar refractivity (Wildman–Crippen MR) is 30.3 cm³/mol. The molecular weight excluding hydrogens is 122 g/mol. The minimum Gasteiger partial charge on any atom is -0.453 e. The molecule has 4 nitrogen and oxygen atoms in total. The average Bonchev–Trinajstić information content (AvgIpc) is 1.87. The van der Waals surface area contributed by atoms with Crippen LogP contribution in [0.4, 0.5) is 4.79 Å². The minimum absolute atomic E-state index is 0.370. The van der Waals surface area contributed by atoms with E-state index in [1.807, 2.05) is 0 Å². The zero-order chi connectivity index (χ0) is 7.28. The van der Waals surface area contributed by atoms with Gasteiger partial charge in [0.2, 0.25) is 0 Å². The van der Waals surface area contributed by atoms with Crippen LogP contribution >= 0.6 is 0 Å². The molecule has 0 saturated heterocycles. The maximum Gasteiger partial charge on any atom is 0.408 e. The van der Waals surface area contributed by atoms with Gasteiger partial charge in [-0.05, 0) is 6.42 Å². The van der Waals surface area contributed by atoms with E-state index >= 15 is 0 Å². The molecule has 1 amide bonds. The molecule has 0 aromatic rings. The fourth-order valence-corrected chi connectivity index (χ4v) is 0.292. The summed E-state index contributed by atoms with van der Waals surface area (Å²) in [4.78, 5) is 10.2.